The normalized spacial score (nSPS) is 12.9. The Hall–Kier alpha value is -1.47. The summed E-state index contributed by atoms with van der Waals surface area (Å²) in [5, 5.41) is 0. The first-order valence-electron chi connectivity index (χ1n) is 3.92. The second-order valence-corrected chi connectivity index (χ2v) is 3.05. The quantitative estimate of drug-likeness (QED) is 0.700. The van der Waals surface area contributed by atoms with E-state index < -0.39 is 34.7 Å². The summed E-state index contributed by atoms with van der Waals surface area (Å²) in [4.78, 5) is 12.2. The fourth-order valence-corrected chi connectivity index (χ4v) is 1.07. The number of aromatic nitrogens is 1. The SMILES string of the molecule is Cc1c(C(F)(F)F)cc(C(F)(F)F)[nH]c1=O. The number of H-pyrrole nitrogens is 1. The molecule has 2 nitrogen and oxygen atoms in total. The molecule has 1 heterocycles. The van der Waals surface area contributed by atoms with Gasteiger partial charge in [0.1, 0.15) is 5.69 Å². The van der Waals surface area contributed by atoms with Gasteiger partial charge in [0.15, 0.2) is 0 Å². The third-order valence-electron chi connectivity index (χ3n) is 1.89. The highest BCUT2D eigenvalue weighted by Crippen LogP contribution is 2.34. The van der Waals surface area contributed by atoms with Crippen LogP contribution in [0.25, 0.3) is 0 Å². The summed E-state index contributed by atoms with van der Waals surface area (Å²) in [6.07, 6.45) is -10.0. The van der Waals surface area contributed by atoms with Gasteiger partial charge in [-0.1, -0.05) is 0 Å². The molecule has 0 bridgehead atoms. The van der Waals surface area contributed by atoms with E-state index in [1.54, 1.807) is 0 Å². The monoisotopic (exact) mass is 245 g/mol. The minimum atomic E-state index is -5.02. The lowest BCUT2D eigenvalue weighted by Crippen LogP contribution is -2.23. The van der Waals surface area contributed by atoms with Crippen LogP contribution >= 0.6 is 0 Å². The van der Waals surface area contributed by atoms with E-state index in [1.165, 1.54) is 4.98 Å². The zero-order valence-corrected chi connectivity index (χ0v) is 7.75. The van der Waals surface area contributed by atoms with Crippen LogP contribution in [0, 0.1) is 6.92 Å². The number of rotatable bonds is 0. The zero-order chi connectivity index (χ0) is 12.7. The molecule has 0 aromatic carbocycles. The summed E-state index contributed by atoms with van der Waals surface area (Å²) in [7, 11) is 0. The minimum absolute atomic E-state index is 0.114. The van der Waals surface area contributed by atoms with Crippen molar-refractivity contribution < 1.29 is 26.3 Å². The molecule has 0 spiro atoms. The van der Waals surface area contributed by atoms with Crippen LogP contribution in [0.3, 0.4) is 0 Å². The molecule has 0 fully saturated rings. The standard InChI is InChI=1S/C8H5F6NO/c1-3-4(7(9,10)11)2-5(8(12,13)14)15-6(3)16/h2H,1H3,(H,15,16). The van der Waals surface area contributed by atoms with Crippen LogP contribution < -0.4 is 5.56 Å². The number of nitrogens with one attached hydrogen (secondary N) is 1. The third kappa shape index (κ3) is 2.37. The van der Waals surface area contributed by atoms with E-state index in [2.05, 4.69) is 0 Å². The van der Waals surface area contributed by atoms with Crippen LogP contribution in [-0.2, 0) is 12.4 Å². The highest BCUT2D eigenvalue weighted by Gasteiger charge is 2.38. The second kappa shape index (κ2) is 3.53. The average Bonchev–Trinajstić information content (AvgIpc) is 2.05. The molecule has 1 rings (SSSR count). The van der Waals surface area contributed by atoms with E-state index in [9.17, 15) is 31.1 Å². The summed E-state index contributed by atoms with van der Waals surface area (Å²) < 4.78 is 73.2. The lowest BCUT2D eigenvalue weighted by atomic mass is 10.1. The summed E-state index contributed by atoms with van der Waals surface area (Å²) >= 11 is 0. The van der Waals surface area contributed by atoms with Gasteiger partial charge >= 0.3 is 12.4 Å². The maximum atomic E-state index is 12.3. The molecule has 0 amide bonds. The predicted molar refractivity (Wildman–Crippen MR) is 41.8 cm³/mol. The maximum absolute atomic E-state index is 12.3. The highest BCUT2D eigenvalue weighted by atomic mass is 19.4. The van der Waals surface area contributed by atoms with E-state index >= 15 is 0 Å². The lowest BCUT2D eigenvalue weighted by molar-refractivity contribution is -0.146. The van der Waals surface area contributed by atoms with Gasteiger partial charge in [0.25, 0.3) is 5.56 Å². The van der Waals surface area contributed by atoms with Crippen LogP contribution in [0.2, 0.25) is 0 Å². The zero-order valence-electron chi connectivity index (χ0n) is 7.75. The van der Waals surface area contributed by atoms with Gasteiger partial charge < -0.3 is 4.98 Å². The molecule has 0 saturated carbocycles. The molecule has 0 aliphatic heterocycles. The molecular weight excluding hydrogens is 240 g/mol. The van der Waals surface area contributed by atoms with Crippen LogP contribution in [0.4, 0.5) is 26.3 Å². The predicted octanol–water partition coefficient (Wildman–Crippen LogP) is 2.72. The second-order valence-electron chi connectivity index (χ2n) is 3.05. The first kappa shape index (κ1) is 12.6. The number of hydrogen-bond acceptors (Lipinski definition) is 1. The first-order valence-corrected chi connectivity index (χ1v) is 3.92. The topological polar surface area (TPSA) is 32.9 Å². The Kier molecular flexibility index (Phi) is 2.78. The number of pyridine rings is 1. The van der Waals surface area contributed by atoms with Crippen LogP contribution in [-0.4, -0.2) is 4.98 Å². The summed E-state index contributed by atoms with van der Waals surface area (Å²) in [6.45, 7) is 0.807. The van der Waals surface area contributed by atoms with Crippen molar-refractivity contribution in [3.8, 4) is 0 Å². The van der Waals surface area contributed by atoms with Crippen molar-refractivity contribution in [1.29, 1.82) is 0 Å². The van der Waals surface area contributed by atoms with Crippen molar-refractivity contribution in [2.24, 2.45) is 0 Å². The smallest absolute Gasteiger partial charge is 0.318 e. The van der Waals surface area contributed by atoms with Crippen LogP contribution in [0.1, 0.15) is 16.8 Å². The molecule has 0 radical (unpaired) electrons. The molecular formula is C8H5F6NO. The lowest BCUT2D eigenvalue weighted by Gasteiger charge is -2.12. The van der Waals surface area contributed by atoms with Crippen molar-refractivity contribution >= 4 is 0 Å². The van der Waals surface area contributed by atoms with E-state index in [-0.39, 0.29) is 6.07 Å². The molecule has 1 aromatic heterocycles. The van der Waals surface area contributed by atoms with Crippen molar-refractivity contribution in [2.45, 2.75) is 19.3 Å². The summed E-state index contributed by atoms with van der Waals surface area (Å²) in [6, 6.07) is -0.114. The van der Waals surface area contributed by atoms with Crippen LogP contribution in [0.5, 0.6) is 0 Å². The van der Waals surface area contributed by atoms with Gasteiger partial charge in [-0.25, -0.2) is 0 Å². The molecule has 1 N–H and O–H groups in total. The largest absolute Gasteiger partial charge is 0.431 e. The Morgan fingerprint density at radius 1 is 1.06 bits per heavy atom. The number of halogens is 6. The number of alkyl halides is 6. The van der Waals surface area contributed by atoms with Crippen LogP contribution in [0.15, 0.2) is 10.9 Å². The maximum Gasteiger partial charge on any atom is 0.431 e. The Morgan fingerprint density at radius 3 is 1.94 bits per heavy atom. The molecule has 0 aliphatic carbocycles. The summed E-state index contributed by atoms with van der Waals surface area (Å²) in [5.41, 5.74) is -5.48. The van der Waals surface area contributed by atoms with Gasteiger partial charge in [-0.05, 0) is 13.0 Å². The molecule has 0 saturated heterocycles. The molecule has 16 heavy (non-hydrogen) atoms. The van der Waals surface area contributed by atoms with E-state index in [4.69, 9.17) is 0 Å². The van der Waals surface area contributed by atoms with Gasteiger partial charge in [0.2, 0.25) is 0 Å². The Morgan fingerprint density at radius 2 is 1.56 bits per heavy atom. The van der Waals surface area contributed by atoms with E-state index in [0.717, 1.165) is 6.92 Å². The van der Waals surface area contributed by atoms with E-state index in [0.29, 0.717) is 0 Å². The third-order valence-corrected chi connectivity index (χ3v) is 1.89. The van der Waals surface area contributed by atoms with Crippen molar-refractivity contribution in [3.63, 3.8) is 0 Å². The van der Waals surface area contributed by atoms with Crippen molar-refractivity contribution in [1.82, 2.24) is 4.98 Å². The average molecular weight is 245 g/mol. The fourth-order valence-electron chi connectivity index (χ4n) is 1.07. The van der Waals surface area contributed by atoms with Gasteiger partial charge in [-0.15, -0.1) is 0 Å². The van der Waals surface area contributed by atoms with Crippen molar-refractivity contribution in [2.75, 3.05) is 0 Å². The molecule has 1 aromatic rings. The Labute approximate surface area is 84.9 Å². The molecule has 90 valence electrons. The minimum Gasteiger partial charge on any atom is -0.318 e. The molecule has 8 heteroatoms. The van der Waals surface area contributed by atoms with Gasteiger partial charge in [0.05, 0.1) is 5.56 Å². The first-order chi connectivity index (χ1) is 7.03. The van der Waals surface area contributed by atoms with Gasteiger partial charge in [-0.3, -0.25) is 4.79 Å². The fraction of sp³-hybridized carbons (Fsp3) is 0.375. The highest BCUT2D eigenvalue weighted by molar-refractivity contribution is 5.29. The number of aromatic amines is 1. The molecule has 0 aliphatic rings. The van der Waals surface area contributed by atoms with Gasteiger partial charge in [-0.2, -0.15) is 26.3 Å². The summed E-state index contributed by atoms with van der Waals surface area (Å²) in [5.74, 6) is 0. The van der Waals surface area contributed by atoms with E-state index in [1.807, 2.05) is 0 Å². The Balaban J connectivity index is 3.53. The van der Waals surface area contributed by atoms with Gasteiger partial charge in [0, 0.05) is 5.56 Å². The number of hydrogen-bond donors (Lipinski definition) is 1. The molecule has 0 atom stereocenters. The molecule has 0 unspecified atom stereocenters. The van der Waals surface area contributed by atoms with Crippen molar-refractivity contribution in [3.05, 3.63) is 33.2 Å². The Bertz CT molecular complexity index is 455.